The first-order chi connectivity index (χ1) is 19.4. The van der Waals surface area contributed by atoms with Crippen LogP contribution in [0.1, 0.15) is 48.9 Å². The average molecular weight is 551 g/mol. The molecule has 5 rings (SSSR count). The van der Waals surface area contributed by atoms with Crippen LogP contribution in [0.2, 0.25) is 0 Å². The van der Waals surface area contributed by atoms with E-state index in [1.54, 1.807) is 13.8 Å². The van der Waals surface area contributed by atoms with Gasteiger partial charge in [0, 0.05) is 13.8 Å². The maximum atomic E-state index is 13.5. The van der Waals surface area contributed by atoms with Crippen molar-refractivity contribution in [2.45, 2.75) is 43.6 Å². The van der Waals surface area contributed by atoms with Crippen molar-refractivity contribution < 1.29 is 19.1 Å². The van der Waals surface area contributed by atoms with Crippen LogP contribution >= 0.6 is 11.8 Å². The Labute approximate surface area is 240 Å². The first-order valence-corrected chi connectivity index (χ1v) is 14.7. The molecule has 1 fully saturated rings. The Bertz CT molecular complexity index is 1300. The molecule has 4 aromatic rings. The second-order valence-electron chi connectivity index (χ2n) is 10.7. The molecule has 0 bridgehead atoms. The maximum Gasteiger partial charge on any atom is 0.327 e. The molecular weight excluding hydrogens is 516 g/mol. The minimum Gasteiger partial charge on any atom is -0.422 e. The number of esters is 2. The smallest absolute Gasteiger partial charge is 0.327 e. The van der Waals surface area contributed by atoms with Gasteiger partial charge in [-0.1, -0.05) is 121 Å². The minimum atomic E-state index is -1.38. The standard InChI is InChI=1S/C35H34O4S/c1-33(2)38-31(36)34(32(37)39-33,26-27-16-7-3-8-17-27)24-15-25-40-35(28-18-9-4-10-19-28,29-20-11-5-12-21-29)30-22-13-6-14-23-30/h3-14,16-23H,15,24-26H2,1-2H3. The van der Waals surface area contributed by atoms with Crippen molar-refractivity contribution in [1.82, 2.24) is 0 Å². The summed E-state index contributed by atoms with van der Waals surface area (Å²) in [6.07, 6.45) is 1.20. The van der Waals surface area contributed by atoms with E-state index in [1.165, 1.54) is 16.7 Å². The summed E-state index contributed by atoms with van der Waals surface area (Å²) in [4.78, 5) is 26.9. The summed E-state index contributed by atoms with van der Waals surface area (Å²) in [5.74, 6) is -1.59. The molecule has 0 radical (unpaired) electrons. The fourth-order valence-electron chi connectivity index (χ4n) is 5.49. The van der Waals surface area contributed by atoms with Crippen molar-refractivity contribution in [1.29, 1.82) is 0 Å². The number of rotatable bonds is 10. The van der Waals surface area contributed by atoms with Crippen LogP contribution in [0.3, 0.4) is 0 Å². The summed E-state index contributed by atoms with van der Waals surface area (Å²) in [5, 5.41) is 0. The molecule has 40 heavy (non-hydrogen) atoms. The summed E-state index contributed by atoms with van der Waals surface area (Å²) in [7, 11) is 0. The molecule has 0 unspecified atom stereocenters. The highest BCUT2D eigenvalue weighted by atomic mass is 32.2. The zero-order valence-electron chi connectivity index (χ0n) is 22.9. The predicted molar refractivity (Wildman–Crippen MR) is 160 cm³/mol. The largest absolute Gasteiger partial charge is 0.422 e. The van der Waals surface area contributed by atoms with Gasteiger partial charge >= 0.3 is 11.9 Å². The van der Waals surface area contributed by atoms with Gasteiger partial charge in [-0.2, -0.15) is 0 Å². The average Bonchev–Trinajstić information content (AvgIpc) is 2.97. The lowest BCUT2D eigenvalue weighted by Crippen LogP contribution is -2.55. The number of ether oxygens (including phenoxy) is 2. The highest BCUT2D eigenvalue weighted by Crippen LogP contribution is 2.49. The van der Waals surface area contributed by atoms with Gasteiger partial charge in [-0.15, -0.1) is 11.8 Å². The van der Waals surface area contributed by atoms with E-state index >= 15 is 0 Å². The molecule has 0 saturated carbocycles. The van der Waals surface area contributed by atoms with Gasteiger partial charge in [0.1, 0.15) is 0 Å². The molecule has 4 nitrogen and oxygen atoms in total. The first-order valence-electron chi connectivity index (χ1n) is 13.7. The highest BCUT2D eigenvalue weighted by molar-refractivity contribution is 8.00. The molecule has 1 heterocycles. The van der Waals surface area contributed by atoms with Gasteiger partial charge in [-0.05, 0) is 47.3 Å². The van der Waals surface area contributed by atoms with Crippen molar-refractivity contribution in [3.63, 3.8) is 0 Å². The van der Waals surface area contributed by atoms with Crippen LogP contribution in [0, 0.1) is 5.41 Å². The first kappa shape index (κ1) is 27.7. The van der Waals surface area contributed by atoms with Crippen LogP contribution in [0.5, 0.6) is 0 Å². The number of thioether (sulfide) groups is 1. The Kier molecular flexibility index (Phi) is 8.13. The summed E-state index contributed by atoms with van der Waals surface area (Å²) in [6, 6.07) is 41.1. The Balaban J connectivity index is 1.46. The zero-order valence-corrected chi connectivity index (χ0v) is 23.7. The third-order valence-electron chi connectivity index (χ3n) is 7.41. The van der Waals surface area contributed by atoms with E-state index in [0.717, 1.165) is 5.56 Å². The molecule has 1 aliphatic heterocycles. The van der Waals surface area contributed by atoms with Crippen molar-refractivity contribution in [2.75, 3.05) is 5.75 Å². The molecule has 0 spiro atoms. The molecule has 4 aromatic carbocycles. The van der Waals surface area contributed by atoms with Crippen molar-refractivity contribution in [3.05, 3.63) is 144 Å². The van der Waals surface area contributed by atoms with Gasteiger partial charge in [-0.3, -0.25) is 9.59 Å². The van der Waals surface area contributed by atoms with Crippen LogP contribution in [0.15, 0.2) is 121 Å². The SMILES string of the molecule is CC1(C)OC(=O)C(CCCSC(c2ccccc2)(c2ccccc2)c2ccccc2)(Cc2ccccc2)C(=O)O1. The molecule has 0 amide bonds. The van der Waals surface area contributed by atoms with E-state index in [-0.39, 0.29) is 6.42 Å². The number of carbonyl (C=O) groups is 2. The number of benzene rings is 4. The second-order valence-corrected chi connectivity index (χ2v) is 12.0. The number of hydrogen-bond acceptors (Lipinski definition) is 5. The number of hydrogen-bond donors (Lipinski definition) is 0. The van der Waals surface area contributed by atoms with E-state index < -0.39 is 27.9 Å². The lowest BCUT2D eigenvalue weighted by molar-refractivity contribution is -0.251. The Hall–Kier alpha value is -3.83. The molecule has 0 atom stereocenters. The van der Waals surface area contributed by atoms with E-state index in [2.05, 4.69) is 72.8 Å². The maximum absolute atomic E-state index is 13.5. The third-order valence-corrected chi connectivity index (χ3v) is 9.05. The number of carbonyl (C=O) groups excluding carboxylic acids is 2. The monoisotopic (exact) mass is 550 g/mol. The Morgan fingerprint density at radius 2 is 1.02 bits per heavy atom. The topological polar surface area (TPSA) is 52.6 Å². The summed E-state index contributed by atoms with van der Waals surface area (Å²) >= 11 is 1.82. The van der Waals surface area contributed by atoms with Crippen LogP contribution in [0.25, 0.3) is 0 Å². The quantitative estimate of drug-likeness (QED) is 0.0883. The van der Waals surface area contributed by atoms with E-state index in [4.69, 9.17) is 9.47 Å². The molecule has 0 aromatic heterocycles. The molecule has 5 heteroatoms. The van der Waals surface area contributed by atoms with Gasteiger partial charge in [0.15, 0.2) is 5.41 Å². The molecule has 1 saturated heterocycles. The van der Waals surface area contributed by atoms with Crippen molar-refractivity contribution >= 4 is 23.7 Å². The molecular formula is C35H34O4S. The number of cyclic esters (lactones) is 2. The Morgan fingerprint density at radius 3 is 1.45 bits per heavy atom. The van der Waals surface area contributed by atoms with Gasteiger partial charge < -0.3 is 9.47 Å². The Morgan fingerprint density at radius 1 is 0.625 bits per heavy atom. The van der Waals surface area contributed by atoms with Gasteiger partial charge in [-0.25, -0.2) is 0 Å². The third kappa shape index (κ3) is 5.57. The zero-order chi connectivity index (χ0) is 28.1. The second kappa shape index (κ2) is 11.7. The summed E-state index contributed by atoms with van der Waals surface area (Å²) in [6.45, 7) is 3.19. The molecule has 0 aliphatic carbocycles. The van der Waals surface area contributed by atoms with E-state index in [0.29, 0.717) is 18.6 Å². The van der Waals surface area contributed by atoms with Crippen molar-refractivity contribution in [2.24, 2.45) is 5.41 Å². The fourth-order valence-corrected chi connectivity index (χ4v) is 7.00. The lowest BCUT2D eigenvalue weighted by Gasteiger charge is -2.40. The summed E-state index contributed by atoms with van der Waals surface area (Å²) < 4.78 is 10.8. The van der Waals surface area contributed by atoms with Crippen LogP contribution in [0.4, 0.5) is 0 Å². The predicted octanol–water partition coefficient (Wildman–Crippen LogP) is 7.56. The van der Waals surface area contributed by atoms with Crippen LogP contribution < -0.4 is 0 Å². The highest BCUT2D eigenvalue weighted by Gasteiger charge is 2.55. The normalized spacial score (nSPS) is 16.1. The van der Waals surface area contributed by atoms with Gasteiger partial charge in [0.05, 0.1) is 4.75 Å². The van der Waals surface area contributed by atoms with E-state index in [1.807, 2.05) is 60.3 Å². The van der Waals surface area contributed by atoms with Gasteiger partial charge in [0.25, 0.3) is 5.79 Å². The van der Waals surface area contributed by atoms with Crippen LogP contribution in [-0.4, -0.2) is 23.5 Å². The molecule has 1 aliphatic rings. The molecule has 204 valence electrons. The molecule has 0 N–H and O–H groups in total. The fraction of sp³-hybridized carbons (Fsp3) is 0.257. The lowest BCUT2D eigenvalue weighted by atomic mass is 9.77. The van der Waals surface area contributed by atoms with Crippen LogP contribution in [-0.2, 0) is 30.2 Å². The van der Waals surface area contributed by atoms with Crippen molar-refractivity contribution in [3.8, 4) is 0 Å². The van der Waals surface area contributed by atoms with Gasteiger partial charge in [0.2, 0.25) is 0 Å². The van der Waals surface area contributed by atoms with E-state index in [9.17, 15) is 9.59 Å². The minimum absolute atomic E-state index is 0.244. The summed E-state index contributed by atoms with van der Waals surface area (Å²) in [5.41, 5.74) is 3.04.